The van der Waals surface area contributed by atoms with E-state index in [9.17, 15) is 29.1 Å². The van der Waals surface area contributed by atoms with Gasteiger partial charge in [-0.15, -0.1) is 0 Å². The summed E-state index contributed by atoms with van der Waals surface area (Å²) in [5.74, 6) is -5.54. The molecule has 4 unspecified atom stereocenters. The first kappa shape index (κ1) is 26.2. The average Bonchev–Trinajstić information content (AvgIpc) is 2.63. The van der Waals surface area contributed by atoms with E-state index in [4.69, 9.17) is 21.7 Å². The van der Waals surface area contributed by atoms with Crippen molar-refractivity contribution in [3.05, 3.63) is 0 Å². The van der Waals surface area contributed by atoms with Gasteiger partial charge in [0.05, 0.1) is 19.1 Å². The summed E-state index contributed by atoms with van der Waals surface area (Å²) in [6.07, 6.45) is -1.06. The Balaban J connectivity index is 5.25. The fraction of sp³-hybridized carbons (Fsp3) is 0.688. The summed E-state index contributed by atoms with van der Waals surface area (Å²) >= 11 is 0. The Morgan fingerprint density at radius 3 is 1.97 bits per heavy atom. The zero-order valence-electron chi connectivity index (χ0n) is 16.1. The van der Waals surface area contributed by atoms with Crippen molar-refractivity contribution in [1.29, 1.82) is 0 Å². The van der Waals surface area contributed by atoms with Gasteiger partial charge in [0, 0.05) is 0 Å². The lowest BCUT2D eigenvalue weighted by Crippen LogP contribution is -2.59. The number of unbranched alkanes of at least 4 members (excludes halogenated alkanes) is 1. The van der Waals surface area contributed by atoms with Gasteiger partial charge in [-0.1, -0.05) is 0 Å². The predicted octanol–water partition coefficient (Wildman–Crippen LogP) is -3.53. The lowest BCUT2D eigenvalue weighted by Gasteiger charge is -2.25. The molecule has 0 aromatic heterocycles. The maximum absolute atomic E-state index is 12.5. The zero-order chi connectivity index (χ0) is 22.6. The van der Waals surface area contributed by atoms with Crippen molar-refractivity contribution in [2.45, 2.75) is 56.8 Å². The van der Waals surface area contributed by atoms with Crippen LogP contribution in [-0.4, -0.2) is 82.3 Å². The molecule has 13 nitrogen and oxygen atoms in total. The maximum atomic E-state index is 12.5. The summed E-state index contributed by atoms with van der Waals surface area (Å²) in [5, 5.41) is 34.2. The van der Waals surface area contributed by atoms with E-state index in [0.29, 0.717) is 19.4 Å². The van der Waals surface area contributed by atoms with Crippen LogP contribution in [0.1, 0.15) is 32.6 Å². The van der Waals surface area contributed by atoms with Crippen molar-refractivity contribution >= 4 is 29.7 Å². The molecule has 166 valence electrons. The molecule has 0 aromatic rings. The summed E-state index contributed by atoms with van der Waals surface area (Å²) < 4.78 is 0. The molecule has 0 aliphatic rings. The van der Waals surface area contributed by atoms with Gasteiger partial charge in [0.1, 0.15) is 18.1 Å². The molecule has 0 radical (unpaired) electrons. The molecule has 0 heterocycles. The number of aliphatic carboxylic acids is 2. The monoisotopic (exact) mass is 419 g/mol. The molecule has 4 atom stereocenters. The van der Waals surface area contributed by atoms with Crippen LogP contribution in [0.4, 0.5) is 0 Å². The summed E-state index contributed by atoms with van der Waals surface area (Å²) in [6.45, 7) is 1.19. The van der Waals surface area contributed by atoms with Crippen LogP contribution in [0.25, 0.3) is 0 Å². The van der Waals surface area contributed by atoms with E-state index in [1.54, 1.807) is 0 Å². The molecule has 0 bridgehead atoms. The van der Waals surface area contributed by atoms with E-state index in [2.05, 4.69) is 10.6 Å². The molecule has 0 saturated heterocycles. The van der Waals surface area contributed by atoms with Crippen LogP contribution < -0.4 is 27.4 Å². The molecular formula is C16H29N5O8. The Morgan fingerprint density at radius 2 is 1.52 bits per heavy atom. The van der Waals surface area contributed by atoms with Crippen molar-refractivity contribution in [2.24, 2.45) is 11.5 Å². The van der Waals surface area contributed by atoms with Gasteiger partial charge in [0.2, 0.25) is 17.7 Å². The third-order valence-corrected chi connectivity index (χ3v) is 3.84. The molecular weight excluding hydrogens is 390 g/mol. The first-order chi connectivity index (χ1) is 13.5. The molecule has 0 aliphatic heterocycles. The first-order valence-corrected chi connectivity index (χ1v) is 8.96. The topological polar surface area (TPSA) is 234 Å². The second kappa shape index (κ2) is 13.4. The number of nitrogens with one attached hydrogen (secondary N) is 3. The van der Waals surface area contributed by atoms with Crippen molar-refractivity contribution in [3.63, 3.8) is 0 Å². The zero-order valence-corrected chi connectivity index (χ0v) is 16.1. The summed E-state index contributed by atoms with van der Waals surface area (Å²) in [5.41, 5.74) is 10.6. The van der Waals surface area contributed by atoms with Gasteiger partial charge in [-0.3, -0.25) is 19.2 Å². The van der Waals surface area contributed by atoms with Crippen LogP contribution in [0, 0.1) is 0 Å². The van der Waals surface area contributed by atoms with Crippen molar-refractivity contribution in [1.82, 2.24) is 16.0 Å². The number of carbonyl (C=O) groups excluding carboxylic acids is 3. The maximum Gasteiger partial charge on any atom is 0.326 e. The van der Waals surface area contributed by atoms with Gasteiger partial charge >= 0.3 is 11.9 Å². The minimum absolute atomic E-state index is 0.194. The molecule has 0 spiro atoms. The quantitative estimate of drug-likeness (QED) is 0.129. The van der Waals surface area contributed by atoms with Crippen LogP contribution in [0.3, 0.4) is 0 Å². The van der Waals surface area contributed by atoms with Crippen LogP contribution in [0.15, 0.2) is 0 Å². The summed E-state index contributed by atoms with van der Waals surface area (Å²) in [4.78, 5) is 58.2. The fourth-order valence-corrected chi connectivity index (χ4v) is 2.31. The van der Waals surface area contributed by atoms with E-state index in [-0.39, 0.29) is 13.0 Å². The second-order valence-corrected chi connectivity index (χ2v) is 6.33. The lowest BCUT2D eigenvalue weighted by molar-refractivity contribution is -0.148. The summed E-state index contributed by atoms with van der Waals surface area (Å²) in [6, 6.07) is -4.39. The highest BCUT2D eigenvalue weighted by Gasteiger charge is 2.32. The average molecular weight is 419 g/mol. The number of carboxylic acid groups (broad SMARTS) is 2. The predicted molar refractivity (Wildman–Crippen MR) is 99.3 cm³/mol. The molecule has 13 heteroatoms. The van der Waals surface area contributed by atoms with Gasteiger partial charge in [-0.25, -0.2) is 4.79 Å². The highest BCUT2D eigenvalue weighted by atomic mass is 16.4. The Hall–Kier alpha value is -2.77. The third-order valence-electron chi connectivity index (χ3n) is 3.84. The molecule has 29 heavy (non-hydrogen) atoms. The van der Waals surface area contributed by atoms with Gasteiger partial charge < -0.3 is 42.7 Å². The lowest BCUT2D eigenvalue weighted by atomic mass is 10.1. The first-order valence-electron chi connectivity index (χ1n) is 8.96. The number of aliphatic hydroxyl groups is 1. The molecule has 0 aromatic carbocycles. The van der Waals surface area contributed by atoms with Gasteiger partial charge in [-0.05, 0) is 32.7 Å². The number of hydrogen-bond acceptors (Lipinski definition) is 8. The van der Waals surface area contributed by atoms with E-state index < -0.39 is 60.3 Å². The number of carbonyl (C=O) groups is 5. The Bertz CT molecular complexity index is 598. The molecule has 0 aliphatic carbocycles. The Kier molecular flexibility index (Phi) is 12.1. The van der Waals surface area contributed by atoms with Crippen LogP contribution >= 0.6 is 0 Å². The van der Waals surface area contributed by atoms with Crippen molar-refractivity contribution < 1.29 is 39.3 Å². The van der Waals surface area contributed by atoms with Gasteiger partial charge in [0.15, 0.2) is 0 Å². The van der Waals surface area contributed by atoms with Gasteiger partial charge in [0.25, 0.3) is 0 Å². The number of aliphatic hydroxyl groups excluding tert-OH is 1. The van der Waals surface area contributed by atoms with E-state index in [0.717, 1.165) is 0 Å². The number of rotatable bonds is 14. The minimum Gasteiger partial charge on any atom is -0.481 e. The van der Waals surface area contributed by atoms with Crippen molar-refractivity contribution in [3.8, 4) is 0 Å². The SMILES string of the molecule is CC(O)C(NC(=O)C(CCCCN)NC(=O)CN)C(=O)NC(CC(=O)O)C(=O)O. The van der Waals surface area contributed by atoms with Crippen LogP contribution in [-0.2, 0) is 24.0 Å². The Labute approximate surface area is 167 Å². The van der Waals surface area contributed by atoms with Gasteiger partial charge in [-0.2, -0.15) is 0 Å². The number of carboxylic acids is 2. The standard InChI is InChI=1S/C16H29N5O8/c1-8(22)13(15(27)20-10(16(28)29)6-12(24)25)21-14(26)9(4-2-3-5-17)19-11(23)7-18/h8-10,13,22H,2-7,17-18H2,1H3,(H,19,23)(H,20,27)(H,21,26)(H,24,25)(H,28,29). The largest absolute Gasteiger partial charge is 0.481 e. The normalized spacial score (nSPS) is 14.8. The Morgan fingerprint density at radius 1 is 0.897 bits per heavy atom. The minimum atomic E-state index is -1.75. The molecule has 10 N–H and O–H groups in total. The number of nitrogens with two attached hydrogens (primary N) is 2. The van der Waals surface area contributed by atoms with Crippen LogP contribution in [0.5, 0.6) is 0 Å². The number of amides is 3. The molecule has 0 rings (SSSR count). The van der Waals surface area contributed by atoms with Crippen LogP contribution in [0.2, 0.25) is 0 Å². The van der Waals surface area contributed by atoms with E-state index >= 15 is 0 Å². The highest BCUT2D eigenvalue weighted by Crippen LogP contribution is 2.04. The molecule has 0 fully saturated rings. The second-order valence-electron chi connectivity index (χ2n) is 6.33. The fourth-order valence-electron chi connectivity index (χ4n) is 2.31. The molecule has 3 amide bonds. The molecule has 0 saturated carbocycles. The van der Waals surface area contributed by atoms with Crippen molar-refractivity contribution in [2.75, 3.05) is 13.1 Å². The third kappa shape index (κ3) is 10.4. The van der Waals surface area contributed by atoms with E-state index in [1.165, 1.54) is 6.92 Å². The smallest absolute Gasteiger partial charge is 0.326 e. The highest BCUT2D eigenvalue weighted by molar-refractivity contribution is 5.94. The van der Waals surface area contributed by atoms with E-state index in [1.807, 2.05) is 5.32 Å². The number of hydrogen-bond donors (Lipinski definition) is 8. The summed E-state index contributed by atoms with van der Waals surface area (Å²) in [7, 11) is 0.